The van der Waals surface area contributed by atoms with E-state index in [9.17, 15) is 0 Å². The molecule has 0 radical (unpaired) electrons. The SMILES string of the molecule is CCOc1ccccc1-c1nc(NC2=CC(CC)C(C)=C2)c2ccccc2n1. The van der Waals surface area contributed by atoms with Crippen molar-refractivity contribution in [2.24, 2.45) is 5.92 Å². The normalized spacial score (nSPS) is 16.0. The molecule has 1 aliphatic rings. The second-order valence-corrected chi connectivity index (χ2v) is 6.99. The molecule has 4 heteroatoms. The molecule has 1 aliphatic carbocycles. The predicted octanol–water partition coefficient (Wildman–Crippen LogP) is 5.98. The van der Waals surface area contributed by atoms with Crippen LogP contribution in [-0.4, -0.2) is 16.6 Å². The molecule has 1 aromatic heterocycles. The Morgan fingerprint density at radius 1 is 1.00 bits per heavy atom. The lowest BCUT2D eigenvalue weighted by Crippen LogP contribution is -2.03. The number of nitrogens with one attached hydrogen (secondary N) is 1. The number of allylic oxidation sites excluding steroid dienone is 3. The van der Waals surface area contributed by atoms with Gasteiger partial charge in [-0.05, 0) is 56.5 Å². The maximum Gasteiger partial charge on any atom is 0.165 e. The molecule has 1 atom stereocenters. The number of ether oxygens (including phenoxy) is 1. The highest BCUT2D eigenvalue weighted by Crippen LogP contribution is 2.33. The summed E-state index contributed by atoms with van der Waals surface area (Å²) in [6, 6.07) is 16.0. The Hall–Kier alpha value is -3.14. The summed E-state index contributed by atoms with van der Waals surface area (Å²) in [5, 5.41) is 4.54. The van der Waals surface area contributed by atoms with Crippen LogP contribution in [0.3, 0.4) is 0 Å². The zero-order chi connectivity index (χ0) is 19.5. The molecule has 4 nitrogen and oxygen atoms in total. The fraction of sp³-hybridized carbons (Fsp3) is 0.250. The molecule has 3 aromatic rings. The molecule has 142 valence electrons. The van der Waals surface area contributed by atoms with Gasteiger partial charge in [0.05, 0.1) is 17.7 Å². The second-order valence-electron chi connectivity index (χ2n) is 6.99. The zero-order valence-corrected chi connectivity index (χ0v) is 16.6. The van der Waals surface area contributed by atoms with Crippen molar-refractivity contribution in [1.82, 2.24) is 9.97 Å². The van der Waals surface area contributed by atoms with Crippen molar-refractivity contribution in [2.75, 3.05) is 11.9 Å². The van der Waals surface area contributed by atoms with E-state index in [1.807, 2.05) is 49.4 Å². The van der Waals surface area contributed by atoms with E-state index in [0.29, 0.717) is 18.3 Å². The quantitative estimate of drug-likeness (QED) is 0.579. The van der Waals surface area contributed by atoms with Crippen LogP contribution in [0.4, 0.5) is 5.82 Å². The van der Waals surface area contributed by atoms with Crippen molar-refractivity contribution < 1.29 is 4.74 Å². The van der Waals surface area contributed by atoms with Crippen LogP contribution < -0.4 is 10.1 Å². The Morgan fingerprint density at radius 2 is 1.79 bits per heavy atom. The average molecular weight is 371 g/mol. The summed E-state index contributed by atoms with van der Waals surface area (Å²) in [5.41, 5.74) is 4.28. The Bertz CT molecular complexity index is 1070. The van der Waals surface area contributed by atoms with Crippen LogP contribution in [0.5, 0.6) is 5.75 Å². The first-order valence-electron chi connectivity index (χ1n) is 9.85. The molecule has 0 spiro atoms. The fourth-order valence-corrected chi connectivity index (χ4v) is 3.63. The molecule has 0 bridgehead atoms. The number of rotatable bonds is 6. The van der Waals surface area contributed by atoms with Gasteiger partial charge in [0.1, 0.15) is 11.6 Å². The number of hydrogen-bond acceptors (Lipinski definition) is 4. The molecule has 0 aliphatic heterocycles. The smallest absolute Gasteiger partial charge is 0.165 e. The minimum absolute atomic E-state index is 0.494. The van der Waals surface area contributed by atoms with E-state index in [0.717, 1.165) is 40.2 Å². The van der Waals surface area contributed by atoms with Crippen molar-refractivity contribution in [2.45, 2.75) is 27.2 Å². The molecule has 0 amide bonds. The summed E-state index contributed by atoms with van der Waals surface area (Å²) in [6.45, 7) is 6.98. The van der Waals surface area contributed by atoms with Crippen LogP contribution in [0.2, 0.25) is 0 Å². The van der Waals surface area contributed by atoms with E-state index in [1.165, 1.54) is 5.57 Å². The fourth-order valence-electron chi connectivity index (χ4n) is 3.63. The lowest BCUT2D eigenvalue weighted by atomic mass is 10.0. The van der Waals surface area contributed by atoms with Crippen molar-refractivity contribution in [1.29, 1.82) is 0 Å². The summed E-state index contributed by atoms with van der Waals surface area (Å²) in [7, 11) is 0. The second kappa shape index (κ2) is 7.85. The van der Waals surface area contributed by atoms with E-state index < -0.39 is 0 Å². The van der Waals surface area contributed by atoms with Gasteiger partial charge in [0.15, 0.2) is 5.82 Å². The van der Waals surface area contributed by atoms with E-state index in [1.54, 1.807) is 0 Å². The van der Waals surface area contributed by atoms with Gasteiger partial charge in [-0.15, -0.1) is 0 Å². The maximum absolute atomic E-state index is 5.80. The van der Waals surface area contributed by atoms with Crippen LogP contribution in [-0.2, 0) is 0 Å². The van der Waals surface area contributed by atoms with Crippen molar-refractivity contribution in [3.05, 3.63) is 72.0 Å². The van der Waals surface area contributed by atoms with Gasteiger partial charge in [0.2, 0.25) is 0 Å². The Balaban J connectivity index is 1.81. The van der Waals surface area contributed by atoms with Crippen molar-refractivity contribution in [3.8, 4) is 17.1 Å². The van der Waals surface area contributed by atoms with Gasteiger partial charge in [-0.25, -0.2) is 9.97 Å². The molecule has 1 N–H and O–H groups in total. The number of aromatic nitrogens is 2. The first kappa shape index (κ1) is 18.2. The molecule has 28 heavy (non-hydrogen) atoms. The zero-order valence-electron chi connectivity index (χ0n) is 16.6. The third-order valence-corrected chi connectivity index (χ3v) is 5.08. The predicted molar refractivity (Wildman–Crippen MR) is 115 cm³/mol. The van der Waals surface area contributed by atoms with Gasteiger partial charge in [-0.3, -0.25) is 0 Å². The highest BCUT2D eigenvalue weighted by molar-refractivity contribution is 5.91. The van der Waals surface area contributed by atoms with Gasteiger partial charge in [0, 0.05) is 11.1 Å². The van der Waals surface area contributed by atoms with Crippen LogP contribution in [0, 0.1) is 5.92 Å². The third kappa shape index (κ3) is 3.50. The van der Waals surface area contributed by atoms with Gasteiger partial charge in [-0.2, -0.15) is 0 Å². The molecule has 0 fully saturated rings. The van der Waals surface area contributed by atoms with E-state index in [4.69, 9.17) is 14.7 Å². The molecule has 0 saturated carbocycles. The van der Waals surface area contributed by atoms with Gasteiger partial charge >= 0.3 is 0 Å². The summed E-state index contributed by atoms with van der Waals surface area (Å²) < 4.78 is 5.80. The minimum Gasteiger partial charge on any atom is -0.493 e. The Kier molecular flexibility index (Phi) is 5.11. The summed E-state index contributed by atoms with van der Waals surface area (Å²) in [6.07, 6.45) is 5.59. The monoisotopic (exact) mass is 371 g/mol. The Labute approximate surface area is 166 Å². The summed E-state index contributed by atoms with van der Waals surface area (Å²) in [4.78, 5) is 9.68. The molecule has 1 heterocycles. The van der Waals surface area contributed by atoms with Gasteiger partial charge in [-0.1, -0.05) is 42.8 Å². The topological polar surface area (TPSA) is 47.0 Å². The number of hydrogen-bond donors (Lipinski definition) is 1. The van der Waals surface area contributed by atoms with E-state index in [-0.39, 0.29) is 0 Å². The average Bonchev–Trinajstić information content (AvgIpc) is 3.07. The van der Waals surface area contributed by atoms with Crippen LogP contribution in [0.15, 0.2) is 72.0 Å². The molecule has 1 unspecified atom stereocenters. The summed E-state index contributed by atoms with van der Waals surface area (Å²) in [5.74, 6) is 2.78. The number of benzene rings is 2. The number of anilines is 1. The highest BCUT2D eigenvalue weighted by atomic mass is 16.5. The number of fused-ring (bicyclic) bond motifs is 1. The maximum atomic E-state index is 5.80. The molecule has 2 aromatic carbocycles. The third-order valence-electron chi connectivity index (χ3n) is 5.08. The standard InChI is InChI=1S/C24H25N3O/c1-4-17-15-18(14-16(17)3)25-23-19-10-6-8-12-21(19)26-24(27-23)20-11-7-9-13-22(20)28-5-2/h6-15,17H,4-5H2,1-3H3,(H,25,26,27). The Morgan fingerprint density at radius 3 is 2.57 bits per heavy atom. The molecular weight excluding hydrogens is 346 g/mol. The summed E-state index contributed by atoms with van der Waals surface area (Å²) >= 11 is 0. The minimum atomic E-state index is 0.494. The van der Waals surface area contributed by atoms with Crippen LogP contribution >= 0.6 is 0 Å². The molecular formula is C24H25N3O. The van der Waals surface area contributed by atoms with E-state index >= 15 is 0 Å². The van der Waals surface area contributed by atoms with Crippen LogP contribution in [0.1, 0.15) is 27.2 Å². The van der Waals surface area contributed by atoms with Crippen molar-refractivity contribution >= 4 is 16.7 Å². The molecule has 4 rings (SSSR count). The first-order chi connectivity index (χ1) is 13.7. The first-order valence-corrected chi connectivity index (χ1v) is 9.85. The van der Waals surface area contributed by atoms with E-state index in [2.05, 4.69) is 37.4 Å². The number of nitrogens with zero attached hydrogens (tertiary/aromatic N) is 2. The van der Waals surface area contributed by atoms with Gasteiger partial charge in [0.25, 0.3) is 0 Å². The van der Waals surface area contributed by atoms with Crippen molar-refractivity contribution in [3.63, 3.8) is 0 Å². The lowest BCUT2D eigenvalue weighted by molar-refractivity contribution is 0.341. The lowest BCUT2D eigenvalue weighted by Gasteiger charge is -2.13. The largest absolute Gasteiger partial charge is 0.493 e. The highest BCUT2D eigenvalue weighted by Gasteiger charge is 2.17. The molecule has 0 saturated heterocycles. The van der Waals surface area contributed by atoms with Gasteiger partial charge < -0.3 is 10.1 Å². The van der Waals surface area contributed by atoms with Crippen LogP contribution in [0.25, 0.3) is 22.3 Å². The number of para-hydroxylation sites is 2.